The fourth-order valence-corrected chi connectivity index (χ4v) is 1.55. The van der Waals surface area contributed by atoms with E-state index < -0.39 is 0 Å². The van der Waals surface area contributed by atoms with E-state index >= 15 is 0 Å². The molecule has 0 fully saturated rings. The Morgan fingerprint density at radius 1 is 1.16 bits per heavy atom. The lowest BCUT2D eigenvalue weighted by Gasteiger charge is -2.08. The summed E-state index contributed by atoms with van der Waals surface area (Å²) in [6.07, 6.45) is 1.33. The van der Waals surface area contributed by atoms with E-state index in [1.165, 1.54) is 0 Å². The van der Waals surface area contributed by atoms with E-state index in [-0.39, 0.29) is 11.8 Å². The minimum absolute atomic E-state index is 0.000454. The summed E-state index contributed by atoms with van der Waals surface area (Å²) in [5.74, 6) is 0.344. The number of carbonyl (C=O) groups is 2. The molecule has 4 nitrogen and oxygen atoms in total. The van der Waals surface area contributed by atoms with Crippen molar-refractivity contribution in [2.24, 2.45) is 5.92 Å². The van der Waals surface area contributed by atoms with Crippen molar-refractivity contribution >= 4 is 17.5 Å². The van der Waals surface area contributed by atoms with E-state index in [0.29, 0.717) is 24.4 Å². The average molecular weight is 262 g/mol. The van der Waals surface area contributed by atoms with Gasteiger partial charge in [-0.1, -0.05) is 20.8 Å². The second-order valence-corrected chi connectivity index (χ2v) is 4.98. The zero-order chi connectivity index (χ0) is 14.3. The van der Waals surface area contributed by atoms with E-state index in [0.717, 1.165) is 12.1 Å². The van der Waals surface area contributed by atoms with Gasteiger partial charge in [-0.2, -0.15) is 0 Å². The van der Waals surface area contributed by atoms with E-state index in [4.69, 9.17) is 0 Å². The summed E-state index contributed by atoms with van der Waals surface area (Å²) in [7, 11) is 0. The molecule has 19 heavy (non-hydrogen) atoms. The van der Waals surface area contributed by atoms with E-state index in [1.54, 1.807) is 24.3 Å². The third kappa shape index (κ3) is 5.55. The van der Waals surface area contributed by atoms with Gasteiger partial charge in [-0.15, -0.1) is 0 Å². The predicted octanol–water partition coefficient (Wildman–Crippen LogP) is 2.81. The molecule has 0 atom stereocenters. The molecule has 2 N–H and O–H groups in total. The lowest BCUT2D eigenvalue weighted by molar-refractivity contribution is -0.116. The highest BCUT2D eigenvalue weighted by molar-refractivity contribution is 5.95. The van der Waals surface area contributed by atoms with Crippen molar-refractivity contribution in [3.05, 3.63) is 29.8 Å². The van der Waals surface area contributed by atoms with Crippen molar-refractivity contribution in [2.75, 3.05) is 11.9 Å². The number of nitrogens with one attached hydrogen (secondary N) is 2. The maximum absolute atomic E-state index is 11.8. The van der Waals surface area contributed by atoms with Gasteiger partial charge in [-0.3, -0.25) is 9.59 Å². The van der Waals surface area contributed by atoms with Crippen LogP contribution in [-0.4, -0.2) is 18.4 Å². The zero-order valence-electron chi connectivity index (χ0n) is 11.8. The first kappa shape index (κ1) is 15.2. The number of hydrogen-bond donors (Lipinski definition) is 2. The molecule has 0 spiro atoms. The van der Waals surface area contributed by atoms with Crippen LogP contribution in [0.25, 0.3) is 0 Å². The van der Waals surface area contributed by atoms with Crippen LogP contribution in [-0.2, 0) is 4.79 Å². The van der Waals surface area contributed by atoms with Crippen LogP contribution in [0.2, 0.25) is 0 Å². The molecule has 2 amide bonds. The molecule has 0 saturated heterocycles. The number of amides is 2. The number of carbonyl (C=O) groups excluding carboxylic acids is 2. The first-order valence-corrected chi connectivity index (χ1v) is 6.71. The summed E-state index contributed by atoms with van der Waals surface area (Å²) in [5, 5.41) is 5.64. The minimum Gasteiger partial charge on any atom is -0.352 e. The van der Waals surface area contributed by atoms with Crippen LogP contribution in [0.4, 0.5) is 5.69 Å². The van der Waals surface area contributed by atoms with Gasteiger partial charge in [0.2, 0.25) is 5.91 Å². The summed E-state index contributed by atoms with van der Waals surface area (Å²) in [6.45, 7) is 6.72. The van der Waals surface area contributed by atoms with Crippen LogP contribution in [0.15, 0.2) is 24.3 Å². The van der Waals surface area contributed by atoms with Crippen LogP contribution < -0.4 is 10.6 Å². The highest BCUT2D eigenvalue weighted by Crippen LogP contribution is 2.10. The van der Waals surface area contributed by atoms with Crippen LogP contribution in [0.5, 0.6) is 0 Å². The third-order valence-electron chi connectivity index (χ3n) is 2.58. The SMILES string of the molecule is CCCC(=O)Nc1ccc(C(=O)NCC(C)C)cc1. The van der Waals surface area contributed by atoms with Gasteiger partial charge < -0.3 is 10.6 Å². The molecule has 0 aliphatic rings. The Kier molecular flexibility index (Phi) is 6.06. The van der Waals surface area contributed by atoms with Crippen LogP contribution >= 0.6 is 0 Å². The molecular formula is C15H22N2O2. The summed E-state index contributed by atoms with van der Waals surface area (Å²) in [6, 6.07) is 6.93. The zero-order valence-corrected chi connectivity index (χ0v) is 11.8. The van der Waals surface area contributed by atoms with Gasteiger partial charge in [0.25, 0.3) is 5.91 Å². The molecule has 0 heterocycles. The van der Waals surface area contributed by atoms with Gasteiger partial charge in [0, 0.05) is 24.2 Å². The molecule has 1 aromatic carbocycles. The Labute approximate surface area is 114 Å². The Bertz CT molecular complexity index is 424. The lowest BCUT2D eigenvalue weighted by Crippen LogP contribution is -2.27. The van der Waals surface area contributed by atoms with E-state index in [9.17, 15) is 9.59 Å². The molecule has 0 aliphatic carbocycles. The molecular weight excluding hydrogens is 240 g/mol. The van der Waals surface area contributed by atoms with Crippen LogP contribution in [0.3, 0.4) is 0 Å². The largest absolute Gasteiger partial charge is 0.352 e. The van der Waals surface area contributed by atoms with Gasteiger partial charge in [0.15, 0.2) is 0 Å². The average Bonchev–Trinajstić information content (AvgIpc) is 2.37. The smallest absolute Gasteiger partial charge is 0.251 e. The van der Waals surface area contributed by atoms with Crippen molar-refractivity contribution in [1.29, 1.82) is 0 Å². The summed E-state index contributed by atoms with van der Waals surface area (Å²) < 4.78 is 0. The van der Waals surface area contributed by atoms with Crippen LogP contribution in [0.1, 0.15) is 44.0 Å². The number of hydrogen-bond acceptors (Lipinski definition) is 2. The Hall–Kier alpha value is -1.84. The second kappa shape index (κ2) is 7.56. The number of rotatable bonds is 6. The summed E-state index contributed by atoms with van der Waals surface area (Å²) in [5.41, 5.74) is 1.33. The number of benzene rings is 1. The normalized spacial score (nSPS) is 10.3. The van der Waals surface area contributed by atoms with Crippen LogP contribution in [0, 0.1) is 5.92 Å². The molecule has 0 saturated carbocycles. The maximum Gasteiger partial charge on any atom is 0.251 e. The minimum atomic E-state index is -0.0832. The molecule has 1 rings (SSSR count). The second-order valence-electron chi connectivity index (χ2n) is 4.98. The summed E-state index contributed by atoms with van der Waals surface area (Å²) in [4.78, 5) is 23.2. The molecule has 0 bridgehead atoms. The number of anilines is 1. The predicted molar refractivity (Wildman–Crippen MR) is 77.2 cm³/mol. The Balaban J connectivity index is 2.56. The van der Waals surface area contributed by atoms with Gasteiger partial charge in [0.1, 0.15) is 0 Å². The summed E-state index contributed by atoms with van der Waals surface area (Å²) >= 11 is 0. The van der Waals surface area contributed by atoms with Gasteiger partial charge in [-0.25, -0.2) is 0 Å². The molecule has 1 aromatic rings. The van der Waals surface area contributed by atoms with Crippen molar-refractivity contribution in [3.8, 4) is 0 Å². The third-order valence-corrected chi connectivity index (χ3v) is 2.58. The maximum atomic E-state index is 11.8. The highest BCUT2D eigenvalue weighted by atomic mass is 16.2. The van der Waals surface area contributed by atoms with Crippen molar-refractivity contribution in [1.82, 2.24) is 5.32 Å². The van der Waals surface area contributed by atoms with Gasteiger partial charge >= 0.3 is 0 Å². The van der Waals surface area contributed by atoms with Crippen molar-refractivity contribution in [3.63, 3.8) is 0 Å². The molecule has 4 heteroatoms. The van der Waals surface area contributed by atoms with Crippen molar-refractivity contribution in [2.45, 2.75) is 33.6 Å². The fourth-order valence-electron chi connectivity index (χ4n) is 1.55. The molecule has 0 unspecified atom stereocenters. The lowest BCUT2D eigenvalue weighted by atomic mass is 10.1. The van der Waals surface area contributed by atoms with E-state index in [2.05, 4.69) is 10.6 Å². The van der Waals surface area contributed by atoms with Gasteiger partial charge in [-0.05, 0) is 36.6 Å². The monoisotopic (exact) mass is 262 g/mol. The Morgan fingerprint density at radius 3 is 2.32 bits per heavy atom. The van der Waals surface area contributed by atoms with Crippen molar-refractivity contribution < 1.29 is 9.59 Å². The Morgan fingerprint density at radius 2 is 1.79 bits per heavy atom. The molecule has 0 aromatic heterocycles. The first-order chi connectivity index (χ1) is 9.02. The quantitative estimate of drug-likeness (QED) is 0.828. The fraction of sp³-hybridized carbons (Fsp3) is 0.467. The molecule has 0 radical (unpaired) electrons. The molecule has 0 aliphatic heterocycles. The topological polar surface area (TPSA) is 58.2 Å². The molecule has 104 valence electrons. The standard InChI is InChI=1S/C15H22N2O2/c1-4-5-14(18)17-13-8-6-12(7-9-13)15(19)16-10-11(2)3/h6-9,11H,4-5,10H2,1-3H3,(H,16,19)(H,17,18). The first-order valence-electron chi connectivity index (χ1n) is 6.71. The van der Waals surface area contributed by atoms with Gasteiger partial charge in [0.05, 0.1) is 0 Å². The highest BCUT2D eigenvalue weighted by Gasteiger charge is 2.06. The van der Waals surface area contributed by atoms with E-state index in [1.807, 2.05) is 20.8 Å².